The van der Waals surface area contributed by atoms with Gasteiger partial charge in [0.05, 0.1) is 0 Å². The molecule has 1 heteroatoms. The Morgan fingerprint density at radius 1 is 1.15 bits per heavy atom. The third-order valence-corrected chi connectivity index (χ3v) is 3.56. The van der Waals surface area contributed by atoms with Gasteiger partial charge in [-0.3, -0.25) is 0 Å². The standard InChI is InChI=1S/C12H25N/c1-3-11(10-13-2)12-8-6-4-5-7-9-12/h11-13H,3-10H2,1-2H3. The van der Waals surface area contributed by atoms with E-state index in [2.05, 4.69) is 19.3 Å². The maximum absolute atomic E-state index is 3.34. The molecule has 0 heterocycles. The van der Waals surface area contributed by atoms with Crippen LogP contribution in [0.4, 0.5) is 0 Å². The van der Waals surface area contributed by atoms with E-state index >= 15 is 0 Å². The predicted octanol–water partition coefficient (Wildman–Crippen LogP) is 3.20. The van der Waals surface area contributed by atoms with Crippen LogP contribution in [-0.2, 0) is 0 Å². The SMILES string of the molecule is CCC(CNC)C1CCCCCC1. The zero-order valence-corrected chi connectivity index (χ0v) is 9.31. The van der Waals surface area contributed by atoms with E-state index in [-0.39, 0.29) is 0 Å². The fourth-order valence-corrected chi connectivity index (χ4v) is 2.69. The lowest BCUT2D eigenvalue weighted by Gasteiger charge is -2.24. The fourth-order valence-electron chi connectivity index (χ4n) is 2.69. The lowest BCUT2D eigenvalue weighted by Crippen LogP contribution is -2.25. The molecule has 0 bridgehead atoms. The van der Waals surface area contributed by atoms with Crippen molar-refractivity contribution in [3.8, 4) is 0 Å². The Bertz CT molecular complexity index is 114. The second-order valence-electron chi connectivity index (χ2n) is 4.48. The van der Waals surface area contributed by atoms with Crippen molar-refractivity contribution in [1.29, 1.82) is 0 Å². The van der Waals surface area contributed by atoms with Crippen molar-refractivity contribution in [2.45, 2.75) is 51.9 Å². The summed E-state index contributed by atoms with van der Waals surface area (Å²) in [6.07, 6.45) is 10.2. The lowest BCUT2D eigenvalue weighted by molar-refractivity contribution is 0.284. The van der Waals surface area contributed by atoms with E-state index in [0.29, 0.717) is 0 Å². The van der Waals surface area contributed by atoms with Crippen LogP contribution in [0.1, 0.15) is 51.9 Å². The largest absolute Gasteiger partial charge is 0.319 e. The summed E-state index contributed by atoms with van der Waals surface area (Å²) >= 11 is 0. The highest BCUT2D eigenvalue weighted by atomic mass is 14.8. The van der Waals surface area contributed by atoms with E-state index in [1.54, 1.807) is 0 Å². The zero-order valence-electron chi connectivity index (χ0n) is 9.31. The summed E-state index contributed by atoms with van der Waals surface area (Å²) in [6.45, 7) is 3.56. The summed E-state index contributed by atoms with van der Waals surface area (Å²) in [5, 5.41) is 3.34. The van der Waals surface area contributed by atoms with Gasteiger partial charge in [0.15, 0.2) is 0 Å². The van der Waals surface area contributed by atoms with Crippen molar-refractivity contribution >= 4 is 0 Å². The molecule has 1 aliphatic carbocycles. The minimum Gasteiger partial charge on any atom is -0.319 e. The Balaban J connectivity index is 2.35. The molecule has 0 aromatic carbocycles. The fraction of sp³-hybridized carbons (Fsp3) is 1.00. The maximum atomic E-state index is 3.34. The predicted molar refractivity (Wildman–Crippen MR) is 58.9 cm³/mol. The molecule has 78 valence electrons. The minimum absolute atomic E-state index is 0.933. The van der Waals surface area contributed by atoms with Crippen molar-refractivity contribution in [3.63, 3.8) is 0 Å². The van der Waals surface area contributed by atoms with Gasteiger partial charge in [-0.25, -0.2) is 0 Å². The van der Waals surface area contributed by atoms with Gasteiger partial charge in [0.2, 0.25) is 0 Å². The van der Waals surface area contributed by atoms with E-state index in [0.717, 1.165) is 11.8 Å². The molecule has 1 aliphatic rings. The molecule has 1 N–H and O–H groups in total. The number of nitrogens with one attached hydrogen (secondary N) is 1. The van der Waals surface area contributed by atoms with Gasteiger partial charge in [0.1, 0.15) is 0 Å². The molecule has 0 saturated heterocycles. The number of hydrogen-bond acceptors (Lipinski definition) is 1. The van der Waals surface area contributed by atoms with Crippen LogP contribution in [0.25, 0.3) is 0 Å². The Morgan fingerprint density at radius 2 is 1.77 bits per heavy atom. The first-order chi connectivity index (χ1) is 6.38. The van der Waals surface area contributed by atoms with Crippen LogP contribution < -0.4 is 5.32 Å². The van der Waals surface area contributed by atoms with E-state index in [4.69, 9.17) is 0 Å². The van der Waals surface area contributed by atoms with Crippen LogP contribution in [0.3, 0.4) is 0 Å². The second-order valence-corrected chi connectivity index (χ2v) is 4.48. The minimum atomic E-state index is 0.933. The first kappa shape index (κ1) is 11.0. The zero-order chi connectivity index (χ0) is 9.52. The molecule has 0 amide bonds. The van der Waals surface area contributed by atoms with Gasteiger partial charge in [-0.05, 0) is 25.4 Å². The van der Waals surface area contributed by atoms with Gasteiger partial charge >= 0.3 is 0 Å². The Labute approximate surface area is 83.3 Å². The summed E-state index contributed by atoms with van der Waals surface area (Å²) < 4.78 is 0. The third-order valence-electron chi connectivity index (χ3n) is 3.56. The van der Waals surface area contributed by atoms with Gasteiger partial charge in [-0.2, -0.15) is 0 Å². The first-order valence-corrected chi connectivity index (χ1v) is 6.03. The highest BCUT2D eigenvalue weighted by Crippen LogP contribution is 2.30. The van der Waals surface area contributed by atoms with E-state index in [1.165, 1.54) is 51.5 Å². The second kappa shape index (κ2) is 6.42. The summed E-state index contributed by atoms with van der Waals surface area (Å²) in [5.41, 5.74) is 0. The smallest absolute Gasteiger partial charge is 0.00210 e. The van der Waals surface area contributed by atoms with Crippen molar-refractivity contribution in [2.75, 3.05) is 13.6 Å². The average molecular weight is 183 g/mol. The summed E-state index contributed by atoms with van der Waals surface area (Å²) in [6, 6.07) is 0. The normalized spacial score (nSPS) is 22.6. The molecular weight excluding hydrogens is 158 g/mol. The molecule has 1 fully saturated rings. The quantitative estimate of drug-likeness (QED) is 0.660. The molecule has 1 rings (SSSR count). The van der Waals surface area contributed by atoms with Gasteiger partial charge in [0, 0.05) is 0 Å². The molecule has 13 heavy (non-hydrogen) atoms. The van der Waals surface area contributed by atoms with Gasteiger partial charge in [-0.1, -0.05) is 51.9 Å². The van der Waals surface area contributed by atoms with Crippen LogP contribution >= 0.6 is 0 Å². The van der Waals surface area contributed by atoms with E-state index in [9.17, 15) is 0 Å². The van der Waals surface area contributed by atoms with E-state index in [1.807, 2.05) is 0 Å². The molecule has 0 spiro atoms. The van der Waals surface area contributed by atoms with Gasteiger partial charge in [-0.15, -0.1) is 0 Å². The summed E-state index contributed by atoms with van der Waals surface area (Å²) in [4.78, 5) is 0. The Morgan fingerprint density at radius 3 is 2.23 bits per heavy atom. The highest BCUT2D eigenvalue weighted by molar-refractivity contribution is 4.73. The van der Waals surface area contributed by atoms with Crippen molar-refractivity contribution < 1.29 is 0 Å². The summed E-state index contributed by atoms with van der Waals surface area (Å²) in [7, 11) is 2.08. The topological polar surface area (TPSA) is 12.0 Å². The van der Waals surface area contributed by atoms with Crippen molar-refractivity contribution in [2.24, 2.45) is 11.8 Å². The molecule has 0 aromatic heterocycles. The van der Waals surface area contributed by atoms with Crippen LogP contribution in [0.2, 0.25) is 0 Å². The average Bonchev–Trinajstić information content (AvgIpc) is 2.42. The number of hydrogen-bond donors (Lipinski definition) is 1. The molecule has 1 atom stereocenters. The van der Waals surface area contributed by atoms with Crippen molar-refractivity contribution in [3.05, 3.63) is 0 Å². The maximum Gasteiger partial charge on any atom is -0.00210 e. The molecular formula is C12H25N. The van der Waals surface area contributed by atoms with Crippen LogP contribution in [-0.4, -0.2) is 13.6 Å². The first-order valence-electron chi connectivity index (χ1n) is 6.03. The van der Waals surface area contributed by atoms with Gasteiger partial charge < -0.3 is 5.32 Å². The molecule has 1 unspecified atom stereocenters. The van der Waals surface area contributed by atoms with E-state index < -0.39 is 0 Å². The summed E-state index contributed by atoms with van der Waals surface area (Å²) in [5.74, 6) is 1.95. The van der Waals surface area contributed by atoms with Gasteiger partial charge in [0.25, 0.3) is 0 Å². The Kier molecular flexibility index (Phi) is 5.45. The van der Waals surface area contributed by atoms with Crippen LogP contribution in [0, 0.1) is 11.8 Å². The lowest BCUT2D eigenvalue weighted by atomic mass is 9.84. The molecule has 1 nitrogen and oxygen atoms in total. The van der Waals surface area contributed by atoms with Crippen molar-refractivity contribution in [1.82, 2.24) is 5.32 Å². The van der Waals surface area contributed by atoms with Crippen LogP contribution in [0.15, 0.2) is 0 Å². The molecule has 0 aromatic rings. The number of rotatable bonds is 4. The molecule has 0 aliphatic heterocycles. The monoisotopic (exact) mass is 183 g/mol. The third kappa shape index (κ3) is 3.68. The molecule has 0 radical (unpaired) electrons. The Hall–Kier alpha value is -0.0400. The highest BCUT2D eigenvalue weighted by Gasteiger charge is 2.20. The van der Waals surface area contributed by atoms with Crippen LogP contribution in [0.5, 0.6) is 0 Å². The molecule has 1 saturated carbocycles.